The predicted octanol–water partition coefficient (Wildman–Crippen LogP) is 5.00. The minimum absolute atomic E-state index is 0.974. The Labute approximate surface area is 109 Å². The number of nitrogens with zero attached hydrogens (tertiary/aromatic N) is 1. The van der Waals surface area contributed by atoms with Crippen LogP contribution in [0.1, 0.15) is 84.5 Å². The Balaban J connectivity index is 1.74. The van der Waals surface area contributed by atoms with Crippen molar-refractivity contribution >= 4 is 0 Å². The molecule has 1 nitrogen and oxygen atoms in total. The van der Waals surface area contributed by atoms with Crippen molar-refractivity contribution < 1.29 is 0 Å². The molecule has 1 heteroatoms. The highest BCUT2D eigenvalue weighted by Gasteiger charge is 2.31. The second-order valence-electron chi connectivity index (χ2n) is 5.77. The molecular formula is C16H33N. The van der Waals surface area contributed by atoms with Crippen molar-refractivity contribution in [2.24, 2.45) is 0 Å². The Kier molecular flexibility index (Phi) is 8.78. The molecule has 0 bridgehead atoms. The number of hydrogen-bond acceptors (Lipinski definition) is 1. The average Bonchev–Trinajstić information content (AvgIpc) is 3.09. The molecule has 1 heterocycles. The zero-order valence-corrected chi connectivity index (χ0v) is 12.2. The van der Waals surface area contributed by atoms with Gasteiger partial charge >= 0.3 is 0 Å². The van der Waals surface area contributed by atoms with E-state index in [2.05, 4.69) is 18.7 Å². The van der Waals surface area contributed by atoms with Crippen LogP contribution in [-0.2, 0) is 0 Å². The van der Waals surface area contributed by atoms with Crippen molar-refractivity contribution in [2.45, 2.75) is 90.5 Å². The van der Waals surface area contributed by atoms with Crippen LogP contribution in [0.4, 0.5) is 0 Å². The molecule has 0 aromatic heterocycles. The molecule has 1 aliphatic heterocycles. The van der Waals surface area contributed by atoms with Gasteiger partial charge in [0.25, 0.3) is 0 Å². The molecule has 0 aliphatic carbocycles. The van der Waals surface area contributed by atoms with E-state index in [1.807, 2.05) is 0 Å². The van der Waals surface area contributed by atoms with Crippen LogP contribution in [0.15, 0.2) is 0 Å². The summed E-state index contributed by atoms with van der Waals surface area (Å²) >= 11 is 0. The molecule has 0 aromatic carbocycles. The van der Waals surface area contributed by atoms with Gasteiger partial charge in [-0.25, -0.2) is 0 Å². The maximum absolute atomic E-state index is 2.66. The molecule has 2 atom stereocenters. The number of rotatable bonds is 12. The van der Waals surface area contributed by atoms with Crippen LogP contribution in [0.2, 0.25) is 0 Å². The van der Waals surface area contributed by atoms with Crippen molar-refractivity contribution in [3.8, 4) is 0 Å². The summed E-state index contributed by atoms with van der Waals surface area (Å²) in [4.78, 5) is 2.66. The Morgan fingerprint density at radius 2 is 1.35 bits per heavy atom. The van der Waals surface area contributed by atoms with Gasteiger partial charge in [-0.05, 0) is 19.4 Å². The molecule has 0 spiro atoms. The van der Waals surface area contributed by atoms with Gasteiger partial charge < -0.3 is 0 Å². The summed E-state index contributed by atoms with van der Waals surface area (Å²) in [6, 6.07) is 0.974. The fraction of sp³-hybridized carbons (Fsp3) is 1.00. The number of hydrogen-bond donors (Lipinski definition) is 0. The first-order chi connectivity index (χ1) is 8.38. The largest absolute Gasteiger partial charge is 0.298 e. The average molecular weight is 239 g/mol. The molecule has 0 amide bonds. The molecule has 1 fully saturated rings. The molecular weight excluding hydrogens is 206 g/mol. The summed E-state index contributed by atoms with van der Waals surface area (Å²) in [5.74, 6) is 0. The van der Waals surface area contributed by atoms with Crippen molar-refractivity contribution in [1.29, 1.82) is 0 Å². The Bertz CT molecular complexity index is 167. The van der Waals surface area contributed by atoms with Crippen molar-refractivity contribution in [3.05, 3.63) is 0 Å². The highest BCUT2D eigenvalue weighted by Crippen LogP contribution is 2.24. The summed E-state index contributed by atoms with van der Waals surface area (Å²) in [6.45, 7) is 7.34. The van der Waals surface area contributed by atoms with Crippen molar-refractivity contribution in [2.75, 3.05) is 13.1 Å². The van der Waals surface area contributed by atoms with E-state index in [0.29, 0.717) is 0 Å². The van der Waals surface area contributed by atoms with Crippen LogP contribution in [0.25, 0.3) is 0 Å². The maximum atomic E-state index is 2.66. The third kappa shape index (κ3) is 7.81. The van der Waals surface area contributed by atoms with Gasteiger partial charge in [-0.3, -0.25) is 4.90 Å². The summed E-state index contributed by atoms with van der Waals surface area (Å²) in [6.07, 6.45) is 15.9. The number of unbranched alkanes of at least 4 members (excludes halogenated alkanes) is 8. The van der Waals surface area contributed by atoms with Crippen LogP contribution < -0.4 is 0 Å². The lowest BCUT2D eigenvalue weighted by Crippen LogP contribution is -2.03. The third-order valence-electron chi connectivity index (χ3n) is 4.02. The van der Waals surface area contributed by atoms with Gasteiger partial charge in [-0.15, -0.1) is 0 Å². The van der Waals surface area contributed by atoms with E-state index in [9.17, 15) is 0 Å². The molecule has 2 unspecified atom stereocenters. The van der Waals surface area contributed by atoms with Gasteiger partial charge in [-0.2, -0.15) is 0 Å². The third-order valence-corrected chi connectivity index (χ3v) is 4.02. The van der Waals surface area contributed by atoms with Crippen molar-refractivity contribution in [1.82, 2.24) is 4.90 Å². The lowest BCUT2D eigenvalue weighted by molar-refractivity contribution is 0.461. The minimum Gasteiger partial charge on any atom is -0.298 e. The smallest absolute Gasteiger partial charge is 0.0223 e. The van der Waals surface area contributed by atoms with Crippen LogP contribution in [0.3, 0.4) is 0 Å². The fourth-order valence-corrected chi connectivity index (χ4v) is 2.65. The normalized spacial score (nSPS) is 22.9. The van der Waals surface area contributed by atoms with Crippen LogP contribution in [0.5, 0.6) is 0 Å². The molecule has 0 saturated carbocycles. The standard InChI is InChI=1S/C16H33N/c1-3-5-7-8-9-10-11-12-13-16-15-17(16)14-6-4-2/h16H,3-15H2,1-2H3. The van der Waals surface area contributed by atoms with E-state index in [1.165, 1.54) is 83.7 Å². The van der Waals surface area contributed by atoms with E-state index in [1.54, 1.807) is 0 Å². The van der Waals surface area contributed by atoms with Gasteiger partial charge in [0.15, 0.2) is 0 Å². The lowest BCUT2D eigenvalue weighted by atomic mass is 10.1. The summed E-state index contributed by atoms with van der Waals surface area (Å²) in [7, 11) is 0. The van der Waals surface area contributed by atoms with E-state index in [0.717, 1.165) is 6.04 Å². The van der Waals surface area contributed by atoms with Crippen molar-refractivity contribution in [3.63, 3.8) is 0 Å². The van der Waals surface area contributed by atoms with E-state index < -0.39 is 0 Å². The Morgan fingerprint density at radius 1 is 0.765 bits per heavy atom. The highest BCUT2D eigenvalue weighted by atomic mass is 15.3. The monoisotopic (exact) mass is 239 g/mol. The van der Waals surface area contributed by atoms with E-state index in [4.69, 9.17) is 0 Å². The van der Waals surface area contributed by atoms with Crippen LogP contribution >= 0.6 is 0 Å². The first-order valence-corrected chi connectivity index (χ1v) is 8.12. The second-order valence-corrected chi connectivity index (χ2v) is 5.77. The predicted molar refractivity (Wildman–Crippen MR) is 77.5 cm³/mol. The van der Waals surface area contributed by atoms with E-state index >= 15 is 0 Å². The molecule has 17 heavy (non-hydrogen) atoms. The highest BCUT2D eigenvalue weighted by molar-refractivity contribution is 4.88. The molecule has 0 N–H and O–H groups in total. The fourth-order valence-electron chi connectivity index (χ4n) is 2.65. The topological polar surface area (TPSA) is 3.01 Å². The van der Waals surface area contributed by atoms with Gasteiger partial charge in [0.05, 0.1) is 0 Å². The Morgan fingerprint density at radius 3 is 2.00 bits per heavy atom. The molecule has 102 valence electrons. The maximum Gasteiger partial charge on any atom is 0.0223 e. The van der Waals surface area contributed by atoms with Gasteiger partial charge in [-0.1, -0.05) is 71.6 Å². The molecule has 0 radical (unpaired) electrons. The quantitative estimate of drug-likeness (QED) is 0.342. The van der Waals surface area contributed by atoms with E-state index in [-0.39, 0.29) is 0 Å². The second kappa shape index (κ2) is 9.94. The summed E-state index contributed by atoms with van der Waals surface area (Å²) in [5.41, 5.74) is 0. The van der Waals surface area contributed by atoms with Crippen LogP contribution in [-0.4, -0.2) is 24.0 Å². The molecule has 0 aromatic rings. The zero-order chi connectivity index (χ0) is 12.3. The SMILES string of the molecule is CCCCCCCCCCC1CN1CCCC. The van der Waals surface area contributed by atoms with Gasteiger partial charge in [0, 0.05) is 12.6 Å². The lowest BCUT2D eigenvalue weighted by Gasteiger charge is -2.03. The van der Waals surface area contributed by atoms with Crippen LogP contribution in [0, 0.1) is 0 Å². The first-order valence-electron chi connectivity index (χ1n) is 8.12. The Hall–Kier alpha value is -0.0400. The molecule has 1 rings (SSSR count). The summed E-state index contributed by atoms with van der Waals surface area (Å²) < 4.78 is 0. The molecule has 1 aliphatic rings. The minimum atomic E-state index is 0.974. The van der Waals surface area contributed by atoms with Gasteiger partial charge in [0.2, 0.25) is 0 Å². The molecule has 1 saturated heterocycles. The summed E-state index contributed by atoms with van der Waals surface area (Å²) in [5, 5.41) is 0. The first kappa shape index (κ1) is 15.0. The van der Waals surface area contributed by atoms with Gasteiger partial charge in [0.1, 0.15) is 0 Å². The zero-order valence-electron chi connectivity index (χ0n) is 12.2.